The van der Waals surface area contributed by atoms with Gasteiger partial charge in [0.25, 0.3) is 10.0 Å². The van der Waals surface area contributed by atoms with E-state index in [2.05, 4.69) is 0 Å². The van der Waals surface area contributed by atoms with E-state index in [4.69, 9.17) is 5.73 Å². The Morgan fingerprint density at radius 2 is 1.48 bits per heavy atom. The molecule has 2 aromatic carbocycles. The number of hydrogen-bond acceptors (Lipinski definition) is 3. The van der Waals surface area contributed by atoms with Crippen molar-refractivity contribution in [1.82, 2.24) is 0 Å². The summed E-state index contributed by atoms with van der Waals surface area (Å²) < 4.78 is 78.5. The van der Waals surface area contributed by atoms with Gasteiger partial charge in [-0.3, -0.25) is 4.72 Å². The van der Waals surface area contributed by atoms with Crippen LogP contribution in [0.15, 0.2) is 35.2 Å². The maximum Gasteiger partial charge on any atom is 0.265 e. The zero-order valence-corrected chi connectivity index (χ0v) is 11.0. The number of nitrogens with two attached hydrogens (primary N) is 1. The Kier molecular flexibility index (Phi) is 3.77. The largest absolute Gasteiger partial charge is 0.399 e. The van der Waals surface area contributed by atoms with Crippen LogP contribution >= 0.6 is 0 Å². The Bertz CT molecular complexity index is 786. The van der Waals surface area contributed by atoms with Crippen LogP contribution in [0.3, 0.4) is 0 Å². The van der Waals surface area contributed by atoms with Gasteiger partial charge in [-0.1, -0.05) is 0 Å². The van der Waals surface area contributed by atoms with Crippen molar-refractivity contribution in [2.45, 2.75) is 4.90 Å². The first-order valence-electron chi connectivity index (χ1n) is 5.43. The Morgan fingerprint density at radius 3 is 2.05 bits per heavy atom. The van der Waals surface area contributed by atoms with Crippen molar-refractivity contribution in [3.63, 3.8) is 0 Å². The lowest BCUT2D eigenvalue weighted by Gasteiger charge is -2.11. The normalized spacial score (nSPS) is 11.4. The van der Waals surface area contributed by atoms with Gasteiger partial charge in [0.05, 0.1) is 0 Å². The van der Waals surface area contributed by atoms with Gasteiger partial charge in [0.2, 0.25) is 0 Å². The summed E-state index contributed by atoms with van der Waals surface area (Å²) in [7, 11) is -4.63. The van der Waals surface area contributed by atoms with E-state index >= 15 is 0 Å². The lowest BCUT2D eigenvalue weighted by molar-refractivity contribution is 0.545. The van der Waals surface area contributed by atoms with Crippen LogP contribution in [0.1, 0.15) is 0 Å². The van der Waals surface area contributed by atoms with Crippen molar-refractivity contribution in [3.8, 4) is 0 Å². The number of halogens is 4. The zero-order valence-electron chi connectivity index (χ0n) is 10.2. The Labute approximate surface area is 117 Å². The van der Waals surface area contributed by atoms with Crippen molar-refractivity contribution in [3.05, 3.63) is 53.6 Å². The highest BCUT2D eigenvalue weighted by atomic mass is 32.2. The van der Waals surface area contributed by atoms with E-state index in [0.717, 1.165) is 18.2 Å². The molecule has 3 N–H and O–H groups in total. The van der Waals surface area contributed by atoms with E-state index in [1.807, 2.05) is 0 Å². The molecule has 0 spiro atoms. The fourth-order valence-corrected chi connectivity index (χ4v) is 2.74. The molecule has 0 saturated carbocycles. The first kappa shape index (κ1) is 15.1. The average Bonchev–Trinajstić information content (AvgIpc) is 2.36. The third kappa shape index (κ3) is 3.07. The molecule has 0 fully saturated rings. The second-order valence-electron chi connectivity index (χ2n) is 4.04. The van der Waals surface area contributed by atoms with Crippen LogP contribution in [0.25, 0.3) is 0 Å². The summed E-state index contributed by atoms with van der Waals surface area (Å²) in [5, 5.41) is 0. The minimum Gasteiger partial charge on any atom is -0.399 e. The number of nitrogen functional groups attached to an aromatic ring is 1. The molecule has 0 aromatic heterocycles. The molecule has 0 heterocycles. The molecule has 0 amide bonds. The molecule has 21 heavy (non-hydrogen) atoms. The molecular formula is C12H8F4N2O2S. The molecule has 0 saturated heterocycles. The maximum absolute atomic E-state index is 13.5. The average molecular weight is 320 g/mol. The first-order chi connectivity index (χ1) is 9.70. The molecule has 0 bridgehead atoms. The molecule has 0 atom stereocenters. The van der Waals surface area contributed by atoms with Crippen LogP contribution in [-0.2, 0) is 10.0 Å². The number of benzene rings is 2. The number of hydrogen-bond donors (Lipinski definition) is 2. The molecule has 9 heteroatoms. The van der Waals surface area contributed by atoms with Crippen LogP contribution < -0.4 is 10.5 Å². The topological polar surface area (TPSA) is 72.2 Å². The van der Waals surface area contributed by atoms with E-state index in [1.165, 1.54) is 4.72 Å². The summed E-state index contributed by atoms with van der Waals surface area (Å²) in [6.45, 7) is 0. The third-order valence-electron chi connectivity index (χ3n) is 2.49. The highest BCUT2D eigenvalue weighted by molar-refractivity contribution is 7.92. The van der Waals surface area contributed by atoms with Crippen LogP contribution in [0.2, 0.25) is 0 Å². The predicted molar refractivity (Wildman–Crippen MR) is 67.9 cm³/mol. The van der Waals surface area contributed by atoms with Gasteiger partial charge in [-0.05, 0) is 18.2 Å². The molecule has 0 radical (unpaired) electrons. The van der Waals surface area contributed by atoms with Crippen LogP contribution in [0, 0.1) is 23.3 Å². The molecular weight excluding hydrogens is 312 g/mol. The van der Waals surface area contributed by atoms with Gasteiger partial charge in [0, 0.05) is 17.8 Å². The first-order valence-corrected chi connectivity index (χ1v) is 6.91. The van der Waals surface area contributed by atoms with Crippen LogP contribution in [0.5, 0.6) is 0 Å². The summed E-state index contributed by atoms with van der Waals surface area (Å²) in [6, 6.07) is 3.28. The Morgan fingerprint density at radius 1 is 0.905 bits per heavy atom. The second kappa shape index (κ2) is 5.24. The van der Waals surface area contributed by atoms with Gasteiger partial charge in [-0.2, -0.15) is 0 Å². The molecule has 0 aliphatic carbocycles. The molecule has 0 aliphatic heterocycles. The van der Waals surface area contributed by atoms with Crippen molar-refractivity contribution in [1.29, 1.82) is 0 Å². The fraction of sp³-hybridized carbons (Fsp3) is 0. The van der Waals surface area contributed by atoms with Crippen molar-refractivity contribution >= 4 is 21.4 Å². The minimum absolute atomic E-state index is 0.0585. The summed E-state index contributed by atoms with van der Waals surface area (Å²) >= 11 is 0. The molecule has 0 unspecified atom stereocenters. The minimum atomic E-state index is -4.63. The Balaban J connectivity index is 2.50. The number of anilines is 2. The highest BCUT2D eigenvalue weighted by Gasteiger charge is 2.23. The predicted octanol–water partition coefficient (Wildman–Crippen LogP) is 2.63. The van der Waals surface area contributed by atoms with Crippen molar-refractivity contribution in [2.75, 3.05) is 10.5 Å². The Hall–Kier alpha value is -2.29. The van der Waals surface area contributed by atoms with Gasteiger partial charge >= 0.3 is 0 Å². The number of sulfonamides is 1. The van der Waals surface area contributed by atoms with E-state index in [-0.39, 0.29) is 17.8 Å². The molecule has 112 valence electrons. The van der Waals surface area contributed by atoms with Crippen molar-refractivity contribution in [2.24, 2.45) is 0 Å². The van der Waals surface area contributed by atoms with Crippen LogP contribution in [-0.4, -0.2) is 8.42 Å². The maximum atomic E-state index is 13.5. The lowest BCUT2D eigenvalue weighted by Crippen LogP contribution is -2.17. The summed E-state index contributed by atoms with van der Waals surface area (Å²) in [6.07, 6.45) is 0. The smallest absolute Gasteiger partial charge is 0.265 e. The van der Waals surface area contributed by atoms with Gasteiger partial charge < -0.3 is 5.73 Å². The monoisotopic (exact) mass is 320 g/mol. The quantitative estimate of drug-likeness (QED) is 0.674. The van der Waals surface area contributed by atoms with E-state index in [9.17, 15) is 26.0 Å². The standard InChI is InChI=1S/C12H8F4N2O2S/c13-6-3-9(15)12(10(16)4-6)18-21(19,20)11-5-7(17)1-2-8(11)14/h1-5,18H,17H2. The van der Waals surface area contributed by atoms with Gasteiger partial charge in [-0.15, -0.1) is 0 Å². The lowest BCUT2D eigenvalue weighted by atomic mass is 10.3. The molecule has 2 aromatic rings. The summed E-state index contributed by atoms with van der Waals surface area (Å²) in [5.41, 5.74) is 4.17. The van der Waals surface area contributed by atoms with Gasteiger partial charge in [0.1, 0.15) is 22.2 Å². The summed E-state index contributed by atoms with van der Waals surface area (Å²) in [4.78, 5) is -0.884. The number of nitrogens with one attached hydrogen (secondary N) is 1. The molecule has 2 rings (SSSR count). The third-order valence-corrected chi connectivity index (χ3v) is 3.85. The van der Waals surface area contributed by atoms with Crippen molar-refractivity contribution < 1.29 is 26.0 Å². The van der Waals surface area contributed by atoms with E-state index in [0.29, 0.717) is 0 Å². The van der Waals surface area contributed by atoms with Gasteiger partial charge in [-0.25, -0.2) is 26.0 Å². The second-order valence-corrected chi connectivity index (χ2v) is 5.69. The van der Waals surface area contributed by atoms with Crippen LogP contribution in [0.4, 0.5) is 28.9 Å². The van der Waals surface area contributed by atoms with E-state index in [1.54, 1.807) is 0 Å². The highest BCUT2D eigenvalue weighted by Crippen LogP contribution is 2.25. The fourth-order valence-electron chi connectivity index (χ4n) is 1.55. The summed E-state index contributed by atoms with van der Waals surface area (Å²) in [5.74, 6) is -5.32. The molecule has 4 nitrogen and oxygen atoms in total. The zero-order chi connectivity index (χ0) is 15.8. The van der Waals surface area contributed by atoms with Gasteiger partial charge in [0.15, 0.2) is 11.6 Å². The van der Waals surface area contributed by atoms with E-state index < -0.39 is 43.9 Å². The SMILES string of the molecule is Nc1ccc(F)c(S(=O)(=O)Nc2c(F)cc(F)cc2F)c1. The molecule has 0 aliphatic rings. The number of rotatable bonds is 3.